The summed E-state index contributed by atoms with van der Waals surface area (Å²) in [5.74, 6) is -1.70. The molecule has 7 heteroatoms. The van der Waals surface area contributed by atoms with Gasteiger partial charge in [-0.3, -0.25) is 9.59 Å². The Bertz CT molecular complexity index is 759. The van der Waals surface area contributed by atoms with Crippen LogP contribution < -0.4 is 14.4 Å². The summed E-state index contributed by atoms with van der Waals surface area (Å²) in [6, 6.07) is 5.18. The van der Waals surface area contributed by atoms with E-state index in [0.717, 1.165) is 0 Å². The number of fused-ring (bicyclic) bond motifs is 1. The summed E-state index contributed by atoms with van der Waals surface area (Å²) in [5, 5.41) is 9.48. The number of rotatable bonds is 4. The molecule has 0 aliphatic carbocycles. The van der Waals surface area contributed by atoms with Gasteiger partial charge in [-0.2, -0.15) is 0 Å². The molecule has 1 aromatic rings. The zero-order valence-corrected chi connectivity index (χ0v) is 13.3. The number of aliphatic carboxylic acids is 1. The molecule has 3 aliphatic rings. The van der Waals surface area contributed by atoms with Gasteiger partial charge in [0.25, 0.3) is 0 Å². The first kappa shape index (κ1) is 15.0. The Morgan fingerprint density at radius 3 is 2.75 bits per heavy atom. The van der Waals surface area contributed by atoms with E-state index in [1.807, 2.05) is 6.08 Å². The van der Waals surface area contributed by atoms with Crippen molar-refractivity contribution >= 4 is 17.6 Å². The number of amides is 1. The van der Waals surface area contributed by atoms with Gasteiger partial charge in [-0.1, -0.05) is 12.2 Å². The third-order valence-corrected chi connectivity index (χ3v) is 5.06. The molecule has 3 aliphatic heterocycles. The fourth-order valence-electron chi connectivity index (χ4n) is 3.99. The topological polar surface area (TPSA) is 85.3 Å². The number of ether oxygens (including phenoxy) is 3. The summed E-state index contributed by atoms with van der Waals surface area (Å²) < 4.78 is 16.4. The molecule has 0 radical (unpaired) electrons. The number of hydrogen-bond acceptors (Lipinski definition) is 5. The summed E-state index contributed by atoms with van der Waals surface area (Å²) in [5.41, 5.74) is -0.219. The maximum Gasteiger partial charge on any atom is 0.310 e. The Labute approximate surface area is 138 Å². The van der Waals surface area contributed by atoms with Crippen LogP contribution >= 0.6 is 0 Å². The van der Waals surface area contributed by atoms with Crippen LogP contribution in [0.5, 0.6) is 11.5 Å². The van der Waals surface area contributed by atoms with E-state index in [2.05, 4.69) is 0 Å². The van der Waals surface area contributed by atoms with Crippen molar-refractivity contribution in [1.82, 2.24) is 0 Å². The van der Waals surface area contributed by atoms with Crippen LogP contribution in [-0.4, -0.2) is 49.5 Å². The highest BCUT2D eigenvalue weighted by Gasteiger charge is 2.67. The monoisotopic (exact) mass is 331 g/mol. The van der Waals surface area contributed by atoms with Gasteiger partial charge in [-0.05, 0) is 12.1 Å². The molecular formula is C17H17NO6. The third-order valence-electron chi connectivity index (χ3n) is 5.06. The number of methoxy groups -OCH3 is 2. The molecule has 1 spiro atoms. The molecule has 4 rings (SSSR count). The van der Waals surface area contributed by atoms with Gasteiger partial charge in [0.15, 0.2) is 11.5 Å². The number of carboxylic acids is 1. The van der Waals surface area contributed by atoms with Crippen molar-refractivity contribution in [2.45, 2.75) is 11.7 Å². The second kappa shape index (κ2) is 4.98. The van der Waals surface area contributed by atoms with Gasteiger partial charge in [0.05, 0.1) is 32.8 Å². The second-order valence-corrected chi connectivity index (χ2v) is 6.20. The van der Waals surface area contributed by atoms with Gasteiger partial charge in [-0.15, -0.1) is 0 Å². The van der Waals surface area contributed by atoms with Crippen molar-refractivity contribution in [3.63, 3.8) is 0 Å². The van der Waals surface area contributed by atoms with Gasteiger partial charge < -0.3 is 24.2 Å². The number of carbonyl (C=O) groups is 2. The number of anilines is 1. The first-order chi connectivity index (χ1) is 11.5. The highest BCUT2D eigenvalue weighted by atomic mass is 16.5. The lowest BCUT2D eigenvalue weighted by Gasteiger charge is -2.22. The van der Waals surface area contributed by atoms with E-state index in [1.54, 1.807) is 29.2 Å². The molecule has 1 amide bonds. The van der Waals surface area contributed by atoms with Crippen LogP contribution in [0.1, 0.15) is 0 Å². The Morgan fingerprint density at radius 2 is 2.08 bits per heavy atom. The molecule has 126 valence electrons. The van der Waals surface area contributed by atoms with E-state index < -0.39 is 29.5 Å². The lowest BCUT2D eigenvalue weighted by molar-refractivity contribution is -0.146. The van der Waals surface area contributed by atoms with Crippen LogP contribution in [0.4, 0.5) is 5.69 Å². The third kappa shape index (κ3) is 1.81. The number of benzene rings is 1. The van der Waals surface area contributed by atoms with Gasteiger partial charge in [0, 0.05) is 11.8 Å². The summed E-state index contributed by atoms with van der Waals surface area (Å²) in [7, 11) is 3.06. The minimum Gasteiger partial charge on any atom is -0.493 e. The summed E-state index contributed by atoms with van der Waals surface area (Å²) in [6.45, 7) is 0.294. The maximum absolute atomic E-state index is 12.9. The molecule has 7 nitrogen and oxygen atoms in total. The molecule has 2 bridgehead atoms. The number of carboxylic acid groups (broad SMARTS) is 1. The van der Waals surface area contributed by atoms with E-state index in [-0.39, 0.29) is 5.91 Å². The Kier molecular flexibility index (Phi) is 3.11. The Morgan fingerprint density at radius 1 is 1.33 bits per heavy atom. The van der Waals surface area contributed by atoms with Crippen molar-refractivity contribution < 1.29 is 28.9 Å². The summed E-state index contributed by atoms with van der Waals surface area (Å²) in [6.07, 6.45) is 3.06. The molecule has 3 heterocycles. The lowest BCUT2D eigenvalue weighted by Crippen LogP contribution is -2.39. The molecule has 24 heavy (non-hydrogen) atoms. The average molecular weight is 331 g/mol. The largest absolute Gasteiger partial charge is 0.493 e. The molecule has 4 atom stereocenters. The molecule has 0 aromatic heterocycles. The van der Waals surface area contributed by atoms with Crippen LogP contribution in [-0.2, 0) is 14.3 Å². The number of nitrogens with zero attached hydrogens (tertiary/aromatic N) is 1. The molecular weight excluding hydrogens is 314 g/mol. The number of hydrogen-bond donors (Lipinski definition) is 1. The first-order valence-electron chi connectivity index (χ1n) is 7.64. The van der Waals surface area contributed by atoms with Gasteiger partial charge in [0.2, 0.25) is 5.91 Å². The van der Waals surface area contributed by atoms with E-state index in [4.69, 9.17) is 14.2 Å². The van der Waals surface area contributed by atoms with Crippen LogP contribution in [0.15, 0.2) is 30.4 Å². The minimum absolute atomic E-state index is 0.235. The summed E-state index contributed by atoms with van der Waals surface area (Å²) >= 11 is 0. The van der Waals surface area contributed by atoms with Gasteiger partial charge in [0.1, 0.15) is 11.5 Å². The molecule has 1 N–H and O–H groups in total. The van der Waals surface area contributed by atoms with E-state index in [0.29, 0.717) is 23.7 Å². The van der Waals surface area contributed by atoms with Crippen LogP contribution in [0.2, 0.25) is 0 Å². The predicted octanol–water partition coefficient (Wildman–Crippen LogP) is 1.07. The standard InChI is InChI=1S/C17H17NO6/c1-22-10-4-3-9(7-12(10)23-2)18-8-17-6-5-11(24-17)13(16(20)21)14(17)15(18)19/h3-7,11,13-14H,8H2,1-2H3,(H,20,21)/t11-,13?,14?,17-/m0/s1. The highest BCUT2D eigenvalue weighted by molar-refractivity contribution is 6.02. The molecule has 2 unspecified atom stereocenters. The fraction of sp³-hybridized carbons (Fsp3) is 0.412. The van der Waals surface area contributed by atoms with E-state index >= 15 is 0 Å². The minimum atomic E-state index is -1.00. The summed E-state index contributed by atoms with van der Waals surface area (Å²) in [4.78, 5) is 26.1. The quantitative estimate of drug-likeness (QED) is 0.831. The zero-order chi connectivity index (χ0) is 17.1. The van der Waals surface area contributed by atoms with Crippen molar-refractivity contribution in [1.29, 1.82) is 0 Å². The first-order valence-corrected chi connectivity index (χ1v) is 7.64. The lowest BCUT2D eigenvalue weighted by atomic mass is 9.77. The second-order valence-electron chi connectivity index (χ2n) is 6.20. The Hall–Kier alpha value is -2.54. The van der Waals surface area contributed by atoms with Crippen molar-refractivity contribution in [2.75, 3.05) is 25.7 Å². The highest BCUT2D eigenvalue weighted by Crippen LogP contribution is 2.52. The number of carbonyl (C=O) groups excluding carboxylic acids is 1. The van der Waals surface area contributed by atoms with Crippen molar-refractivity contribution in [3.8, 4) is 11.5 Å². The smallest absolute Gasteiger partial charge is 0.310 e. The van der Waals surface area contributed by atoms with Gasteiger partial charge in [-0.25, -0.2) is 0 Å². The average Bonchev–Trinajstić information content (AvgIpc) is 3.22. The molecule has 0 saturated carbocycles. The van der Waals surface area contributed by atoms with Crippen molar-refractivity contribution in [2.24, 2.45) is 11.8 Å². The van der Waals surface area contributed by atoms with Crippen LogP contribution in [0.25, 0.3) is 0 Å². The molecule has 1 aromatic carbocycles. The molecule has 2 fully saturated rings. The molecule has 2 saturated heterocycles. The van der Waals surface area contributed by atoms with E-state index in [1.165, 1.54) is 14.2 Å². The fourth-order valence-corrected chi connectivity index (χ4v) is 3.99. The van der Waals surface area contributed by atoms with Crippen molar-refractivity contribution in [3.05, 3.63) is 30.4 Å². The normalized spacial score (nSPS) is 33.0. The zero-order valence-electron chi connectivity index (χ0n) is 13.3. The van der Waals surface area contributed by atoms with Crippen LogP contribution in [0, 0.1) is 11.8 Å². The predicted molar refractivity (Wildman–Crippen MR) is 83.3 cm³/mol. The SMILES string of the molecule is COc1ccc(N2C[C@]34C=C[C@H](O3)C(C(=O)O)C4C2=O)cc1OC. The Balaban J connectivity index is 1.72. The van der Waals surface area contributed by atoms with E-state index in [9.17, 15) is 14.7 Å². The van der Waals surface area contributed by atoms with Gasteiger partial charge >= 0.3 is 5.97 Å². The maximum atomic E-state index is 12.9. The van der Waals surface area contributed by atoms with Crippen LogP contribution in [0.3, 0.4) is 0 Å².